The van der Waals surface area contributed by atoms with Crippen LogP contribution in [-0.4, -0.2) is 29.7 Å². The van der Waals surface area contributed by atoms with Crippen LogP contribution in [0.3, 0.4) is 0 Å². The van der Waals surface area contributed by atoms with Crippen molar-refractivity contribution in [2.45, 2.75) is 25.5 Å². The number of hydrogen-bond acceptors (Lipinski definition) is 4. The summed E-state index contributed by atoms with van der Waals surface area (Å²) in [7, 11) is 2.87. The second-order valence-corrected chi connectivity index (χ2v) is 5.65. The quantitative estimate of drug-likeness (QED) is 0.633. The third-order valence-corrected chi connectivity index (χ3v) is 4.45. The summed E-state index contributed by atoms with van der Waals surface area (Å²) in [6.07, 6.45) is 2.68. The number of pyridine rings is 1. The van der Waals surface area contributed by atoms with Crippen molar-refractivity contribution in [3.63, 3.8) is 0 Å². The Kier molecular flexibility index (Phi) is 4.37. The van der Waals surface area contributed by atoms with Crippen LogP contribution in [0.25, 0.3) is 11.3 Å². The van der Waals surface area contributed by atoms with Crippen LogP contribution < -0.4 is 0 Å². The summed E-state index contributed by atoms with van der Waals surface area (Å²) < 4.78 is 26.4. The van der Waals surface area contributed by atoms with Crippen molar-refractivity contribution in [3.05, 3.63) is 40.6 Å². The molecule has 0 bridgehead atoms. The third-order valence-electron chi connectivity index (χ3n) is 4.09. The van der Waals surface area contributed by atoms with Gasteiger partial charge in [0.2, 0.25) is 5.95 Å². The number of methoxy groups -OCH3 is 2. The number of nitrogens with zero attached hydrogens (tertiary/aromatic N) is 2. The molecule has 2 aromatic heterocycles. The second kappa shape index (κ2) is 6.29. The van der Waals surface area contributed by atoms with Crippen LogP contribution in [0.4, 0.5) is 4.39 Å². The number of rotatable bonds is 3. The Morgan fingerprint density at radius 1 is 1.48 bits per heavy atom. The Morgan fingerprint density at radius 2 is 2.26 bits per heavy atom. The summed E-state index contributed by atoms with van der Waals surface area (Å²) in [5.41, 5.74) is 1.56. The minimum absolute atomic E-state index is 0.169. The summed E-state index contributed by atoms with van der Waals surface area (Å²) in [5, 5.41) is 0.169. The Balaban J connectivity index is 2.32. The molecule has 122 valence electrons. The van der Waals surface area contributed by atoms with Gasteiger partial charge in [0.1, 0.15) is 5.56 Å². The normalized spacial score (nSPS) is 17.0. The van der Waals surface area contributed by atoms with Crippen LogP contribution in [0, 0.1) is 5.95 Å². The van der Waals surface area contributed by atoms with Gasteiger partial charge in [-0.05, 0) is 25.0 Å². The summed E-state index contributed by atoms with van der Waals surface area (Å²) in [6, 6.07) is 3.22. The van der Waals surface area contributed by atoms with Crippen LogP contribution in [-0.2, 0) is 16.0 Å². The molecule has 1 aliphatic heterocycles. The lowest BCUT2D eigenvalue weighted by atomic mass is 10.0. The van der Waals surface area contributed by atoms with Crippen LogP contribution in [0.5, 0.6) is 0 Å². The molecule has 7 heteroatoms. The van der Waals surface area contributed by atoms with Crippen LogP contribution in [0.1, 0.15) is 35.0 Å². The van der Waals surface area contributed by atoms with Gasteiger partial charge in [0.15, 0.2) is 0 Å². The van der Waals surface area contributed by atoms with Crippen LogP contribution in [0.15, 0.2) is 18.3 Å². The molecule has 1 unspecified atom stereocenters. The van der Waals surface area contributed by atoms with Crippen molar-refractivity contribution < 1.29 is 18.7 Å². The Morgan fingerprint density at radius 3 is 2.91 bits per heavy atom. The number of carbonyl (C=O) groups is 1. The van der Waals surface area contributed by atoms with Gasteiger partial charge < -0.3 is 14.0 Å². The molecule has 1 aliphatic rings. The highest BCUT2D eigenvalue weighted by molar-refractivity contribution is 6.36. The molecule has 0 N–H and O–H groups in total. The molecule has 2 aromatic rings. The van der Waals surface area contributed by atoms with Crippen molar-refractivity contribution in [3.8, 4) is 11.3 Å². The highest BCUT2D eigenvalue weighted by Gasteiger charge is 2.35. The van der Waals surface area contributed by atoms with Crippen LogP contribution >= 0.6 is 11.6 Å². The van der Waals surface area contributed by atoms with Crippen molar-refractivity contribution in [1.29, 1.82) is 0 Å². The lowest BCUT2D eigenvalue weighted by Gasteiger charge is -2.25. The van der Waals surface area contributed by atoms with Crippen molar-refractivity contribution in [2.75, 3.05) is 14.2 Å². The molecule has 0 amide bonds. The summed E-state index contributed by atoms with van der Waals surface area (Å²) in [6.45, 7) is 0.621. The Hall–Kier alpha value is -1.92. The Bertz CT molecular complexity index is 760. The first-order chi connectivity index (χ1) is 11.1. The zero-order valence-corrected chi connectivity index (χ0v) is 13.6. The maximum Gasteiger partial charge on any atom is 0.341 e. The molecule has 0 saturated carbocycles. The van der Waals surface area contributed by atoms with E-state index in [1.54, 1.807) is 19.2 Å². The average molecular weight is 339 g/mol. The number of halogens is 2. The zero-order valence-electron chi connectivity index (χ0n) is 12.8. The molecule has 0 aromatic carbocycles. The summed E-state index contributed by atoms with van der Waals surface area (Å²) in [4.78, 5) is 15.9. The number of ether oxygens (including phenoxy) is 2. The molecule has 0 spiro atoms. The molecular formula is C16H16ClFN2O3. The predicted octanol–water partition coefficient (Wildman–Crippen LogP) is 3.61. The maximum atomic E-state index is 14.2. The van der Waals surface area contributed by atoms with Crippen molar-refractivity contribution in [2.24, 2.45) is 0 Å². The van der Waals surface area contributed by atoms with Gasteiger partial charge in [-0.25, -0.2) is 9.78 Å². The molecule has 0 saturated heterocycles. The average Bonchev–Trinajstić information content (AvgIpc) is 2.86. The predicted molar refractivity (Wildman–Crippen MR) is 83.0 cm³/mol. The van der Waals surface area contributed by atoms with Gasteiger partial charge >= 0.3 is 5.97 Å². The largest absolute Gasteiger partial charge is 0.465 e. The SMILES string of the molecule is COC(=O)c1c(Cl)c(-c2cccnc2F)n2c1C(OC)CCC2. The number of esters is 1. The monoisotopic (exact) mass is 338 g/mol. The van der Waals surface area contributed by atoms with E-state index in [2.05, 4.69) is 4.98 Å². The molecule has 3 heterocycles. The summed E-state index contributed by atoms with van der Waals surface area (Å²) in [5.74, 6) is -1.19. The molecule has 0 radical (unpaired) electrons. The van der Waals surface area contributed by atoms with Gasteiger partial charge in [0.05, 0.1) is 35.2 Å². The van der Waals surface area contributed by atoms with Gasteiger partial charge in [-0.1, -0.05) is 11.6 Å². The number of aromatic nitrogens is 2. The fourth-order valence-corrected chi connectivity index (χ4v) is 3.47. The number of hydrogen-bond donors (Lipinski definition) is 0. The standard InChI is InChI=1S/C16H16ClFN2O3/c1-22-10-6-4-8-20-13(9-5-3-7-19-15(9)18)12(17)11(14(10)20)16(21)23-2/h3,5,7,10H,4,6,8H2,1-2H3. The van der Waals surface area contributed by atoms with E-state index in [9.17, 15) is 9.18 Å². The second-order valence-electron chi connectivity index (χ2n) is 5.27. The third kappa shape index (κ3) is 2.52. The van der Waals surface area contributed by atoms with E-state index in [1.807, 2.05) is 4.57 Å². The minimum Gasteiger partial charge on any atom is -0.465 e. The molecule has 23 heavy (non-hydrogen) atoms. The topological polar surface area (TPSA) is 53.3 Å². The van der Waals surface area contributed by atoms with Crippen LogP contribution in [0.2, 0.25) is 5.02 Å². The molecule has 0 aliphatic carbocycles. The first-order valence-corrected chi connectivity index (χ1v) is 7.61. The molecule has 0 fully saturated rings. The molecule has 1 atom stereocenters. The maximum absolute atomic E-state index is 14.2. The van der Waals surface area contributed by atoms with E-state index in [-0.39, 0.29) is 22.3 Å². The van der Waals surface area contributed by atoms with E-state index in [1.165, 1.54) is 13.3 Å². The van der Waals surface area contributed by atoms with E-state index < -0.39 is 11.9 Å². The smallest absolute Gasteiger partial charge is 0.341 e. The lowest BCUT2D eigenvalue weighted by Crippen LogP contribution is -2.20. The van der Waals surface area contributed by atoms with Gasteiger partial charge in [0, 0.05) is 19.9 Å². The van der Waals surface area contributed by atoms with E-state index in [0.29, 0.717) is 17.9 Å². The van der Waals surface area contributed by atoms with Crippen molar-refractivity contribution >= 4 is 17.6 Å². The molecule has 3 rings (SSSR count). The molecule has 5 nitrogen and oxygen atoms in total. The molecular weight excluding hydrogens is 323 g/mol. The zero-order chi connectivity index (χ0) is 16.6. The van der Waals surface area contributed by atoms with Crippen molar-refractivity contribution in [1.82, 2.24) is 9.55 Å². The first kappa shape index (κ1) is 16.0. The first-order valence-electron chi connectivity index (χ1n) is 7.24. The van der Waals surface area contributed by atoms with E-state index in [4.69, 9.17) is 21.1 Å². The lowest BCUT2D eigenvalue weighted by molar-refractivity contribution is 0.0559. The number of fused-ring (bicyclic) bond motifs is 1. The summed E-state index contributed by atoms with van der Waals surface area (Å²) >= 11 is 6.45. The minimum atomic E-state index is -0.634. The Labute approximate surface area is 138 Å². The van der Waals surface area contributed by atoms with Gasteiger partial charge in [0.25, 0.3) is 0 Å². The van der Waals surface area contributed by atoms with Gasteiger partial charge in [-0.3, -0.25) is 0 Å². The van der Waals surface area contributed by atoms with Gasteiger partial charge in [-0.2, -0.15) is 4.39 Å². The highest BCUT2D eigenvalue weighted by atomic mass is 35.5. The fraction of sp³-hybridized carbons (Fsp3) is 0.375. The van der Waals surface area contributed by atoms with E-state index in [0.717, 1.165) is 12.8 Å². The number of carbonyl (C=O) groups excluding carboxylic acids is 1. The van der Waals surface area contributed by atoms with Gasteiger partial charge in [-0.15, -0.1) is 0 Å². The van der Waals surface area contributed by atoms with E-state index >= 15 is 0 Å². The highest BCUT2D eigenvalue weighted by Crippen LogP contribution is 2.43. The fourth-order valence-electron chi connectivity index (χ4n) is 3.10.